The second kappa shape index (κ2) is 11.7. The van der Waals surface area contributed by atoms with Crippen LogP contribution in [0.5, 0.6) is 0 Å². The number of hydrogen-bond acceptors (Lipinski definition) is 9. The van der Waals surface area contributed by atoms with Crippen molar-refractivity contribution in [2.45, 2.75) is 25.9 Å². The van der Waals surface area contributed by atoms with E-state index in [1.165, 1.54) is 22.7 Å². The van der Waals surface area contributed by atoms with Crippen LogP contribution in [0.4, 0.5) is 11.4 Å². The van der Waals surface area contributed by atoms with E-state index in [0.717, 1.165) is 57.3 Å². The van der Waals surface area contributed by atoms with Crippen LogP contribution < -0.4 is 20.9 Å². The molecule has 2 aromatic carbocycles. The van der Waals surface area contributed by atoms with Crippen LogP contribution in [0.2, 0.25) is 5.02 Å². The van der Waals surface area contributed by atoms with Gasteiger partial charge >= 0.3 is 0 Å². The summed E-state index contributed by atoms with van der Waals surface area (Å²) in [7, 11) is 0. The summed E-state index contributed by atoms with van der Waals surface area (Å²) in [6, 6.07) is 11.4. The van der Waals surface area contributed by atoms with Crippen LogP contribution in [0.25, 0.3) is 11.1 Å². The maximum atomic E-state index is 13.5. The lowest BCUT2D eigenvalue weighted by Crippen LogP contribution is -2.28. The first kappa shape index (κ1) is 27.0. The second-order valence-electron chi connectivity index (χ2n) is 9.48. The van der Waals surface area contributed by atoms with Crippen molar-refractivity contribution in [3.63, 3.8) is 0 Å². The van der Waals surface area contributed by atoms with Crippen molar-refractivity contribution in [3.05, 3.63) is 78.6 Å². The normalized spacial score (nSPS) is 14.2. The van der Waals surface area contributed by atoms with Gasteiger partial charge in [-0.25, -0.2) is 9.97 Å². The average Bonchev–Trinajstić information content (AvgIpc) is 3.72. The molecular weight excluding hydrogens is 568 g/mol. The third-order valence-corrected chi connectivity index (χ3v) is 9.42. The lowest BCUT2D eigenvalue weighted by Gasteiger charge is -2.17. The summed E-state index contributed by atoms with van der Waals surface area (Å²) < 4.78 is 0. The fourth-order valence-electron chi connectivity index (χ4n) is 5.03. The summed E-state index contributed by atoms with van der Waals surface area (Å²) in [6.45, 7) is 3.27. The molecule has 0 unspecified atom stereocenters. The molecule has 4 N–H and O–H groups in total. The van der Waals surface area contributed by atoms with Gasteiger partial charge in [-0.05, 0) is 29.7 Å². The molecule has 2 aliphatic rings. The van der Waals surface area contributed by atoms with E-state index in [-0.39, 0.29) is 18.4 Å². The second-order valence-corrected chi connectivity index (χ2v) is 12.1. The van der Waals surface area contributed by atoms with E-state index in [1.807, 2.05) is 35.2 Å². The van der Waals surface area contributed by atoms with Crippen molar-refractivity contribution in [1.82, 2.24) is 20.6 Å². The number of hydrogen-bond donors (Lipinski definition) is 4. The number of thiazole rings is 2. The Morgan fingerprint density at radius 1 is 1.10 bits per heavy atom. The van der Waals surface area contributed by atoms with Crippen LogP contribution in [0.1, 0.15) is 40.6 Å². The zero-order valence-electron chi connectivity index (χ0n) is 21.5. The van der Waals surface area contributed by atoms with E-state index in [0.29, 0.717) is 46.8 Å². The van der Waals surface area contributed by atoms with Crippen molar-refractivity contribution in [2.24, 2.45) is 0 Å². The minimum absolute atomic E-state index is 0.0470. The van der Waals surface area contributed by atoms with Gasteiger partial charge in [0, 0.05) is 66.3 Å². The number of aromatic nitrogens is 2. The van der Waals surface area contributed by atoms with E-state index in [2.05, 4.69) is 25.9 Å². The average molecular weight is 595 g/mol. The summed E-state index contributed by atoms with van der Waals surface area (Å²) in [5.74, 6) is -0.411. The molecule has 2 amide bonds. The van der Waals surface area contributed by atoms with Gasteiger partial charge < -0.3 is 26.0 Å². The minimum Gasteiger partial charge on any atom is -0.395 e. The van der Waals surface area contributed by atoms with Crippen LogP contribution in [0.15, 0.2) is 42.6 Å². The van der Waals surface area contributed by atoms with Crippen LogP contribution >= 0.6 is 34.3 Å². The third-order valence-electron chi connectivity index (χ3n) is 6.93. The lowest BCUT2D eigenvalue weighted by molar-refractivity contribution is 0.0987. The summed E-state index contributed by atoms with van der Waals surface area (Å²) in [5.41, 5.74) is 5.15. The Bertz CT molecular complexity index is 1560. The van der Waals surface area contributed by atoms with Crippen molar-refractivity contribution in [2.75, 3.05) is 36.5 Å². The molecule has 0 spiro atoms. The van der Waals surface area contributed by atoms with E-state index >= 15 is 0 Å². The molecule has 0 bridgehead atoms. The highest BCUT2D eigenvalue weighted by molar-refractivity contribution is 7.14. The Hall–Kier alpha value is -3.19. The molecule has 2 aromatic heterocycles. The predicted octanol–water partition coefficient (Wildman–Crippen LogP) is 4.10. The predicted molar refractivity (Wildman–Crippen MR) is 159 cm³/mol. The molecule has 0 saturated heterocycles. The van der Waals surface area contributed by atoms with Crippen molar-refractivity contribution >= 4 is 57.5 Å². The number of carbonyl (C=O) groups is 2. The monoisotopic (exact) mass is 594 g/mol. The highest BCUT2D eigenvalue weighted by Gasteiger charge is 2.31. The van der Waals surface area contributed by atoms with Gasteiger partial charge in [-0.1, -0.05) is 35.9 Å². The van der Waals surface area contributed by atoms with Gasteiger partial charge in [-0.15, -0.1) is 22.7 Å². The molecule has 6 rings (SSSR count). The Morgan fingerprint density at radius 3 is 2.80 bits per heavy atom. The van der Waals surface area contributed by atoms with E-state index in [9.17, 15) is 9.59 Å². The van der Waals surface area contributed by atoms with Crippen LogP contribution in [0.3, 0.4) is 0 Å². The van der Waals surface area contributed by atoms with E-state index in [4.69, 9.17) is 16.7 Å². The number of aliphatic hydroxyl groups is 1. The Balaban J connectivity index is 1.23. The smallest absolute Gasteiger partial charge is 0.287 e. The highest BCUT2D eigenvalue weighted by Crippen LogP contribution is 2.41. The molecule has 2 aliphatic heterocycles. The molecule has 40 heavy (non-hydrogen) atoms. The third kappa shape index (κ3) is 5.28. The number of carbonyl (C=O) groups excluding carboxylic acids is 2. The van der Waals surface area contributed by atoms with Gasteiger partial charge in [-0.2, -0.15) is 0 Å². The largest absolute Gasteiger partial charge is 0.395 e. The fraction of sp³-hybridized carbons (Fsp3) is 0.286. The minimum atomic E-state index is -0.339. The standard InChI is InChI=1S/C28H27ClN6O3S2/c29-24-19(4-1-5-21(24)33-25(37)26-32-14-16(39-26)13-31-10-12-36)17-3-2-6-22-18(17)8-11-35(22)28(38)27-34-20-7-9-30-15-23(20)40-27/h1-6,14,30-31,36H,7-13,15H2,(H,33,37). The Labute approximate surface area is 244 Å². The van der Waals surface area contributed by atoms with Crippen LogP contribution in [-0.4, -0.2) is 53.1 Å². The van der Waals surface area contributed by atoms with Gasteiger partial charge in [0.2, 0.25) is 0 Å². The van der Waals surface area contributed by atoms with E-state index in [1.54, 1.807) is 12.3 Å². The van der Waals surface area contributed by atoms with Gasteiger partial charge in [0.25, 0.3) is 11.8 Å². The zero-order valence-corrected chi connectivity index (χ0v) is 23.9. The van der Waals surface area contributed by atoms with Crippen molar-refractivity contribution < 1.29 is 14.7 Å². The van der Waals surface area contributed by atoms with Crippen LogP contribution in [-0.2, 0) is 25.9 Å². The van der Waals surface area contributed by atoms with Crippen LogP contribution in [0, 0.1) is 0 Å². The molecule has 0 aliphatic carbocycles. The first-order valence-electron chi connectivity index (χ1n) is 13.0. The first-order valence-corrected chi connectivity index (χ1v) is 15.0. The Kier molecular flexibility index (Phi) is 7.92. The summed E-state index contributed by atoms with van der Waals surface area (Å²) >= 11 is 9.62. The van der Waals surface area contributed by atoms with Crippen molar-refractivity contribution in [1.29, 1.82) is 0 Å². The molecule has 12 heteroatoms. The molecule has 0 radical (unpaired) electrons. The van der Waals surface area contributed by atoms with Gasteiger partial charge in [0.1, 0.15) is 0 Å². The topological polar surface area (TPSA) is 119 Å². The molecule has 4 heterocycles. The highest BCUT2D eigenvalue weighted by atomic mass is 35.5. The number of nitrogens with zero attached hydrogens (tertiary/aromatic N) is 3. The SMILES string of the molecule is O=C(Nc1cccc(-c2cccc3c2CCN3C(=O)c2nc3c(s2)CNCC3)c1Cl)c1ncc(CNCCO)s1. The van der Waals surface area contributed by atoms with Gasteiger partial charge in [-0.3, -0.25) is 9.59 Å². The Morgan fingerprint density at radius 2 is 1.95 bits per heavy atom. The number of benzene rings is 2. The fourth-order valence-corrected chi connectivity index (χ4v) is 7.11. The number of rotatable bonds is 8. The molecule has 206 valence electrons. The summed E-state index contributed by atoms with van der Waals surface area (Å²) in [4.78, 5) is 39.2. The first-order chi connectivity index (χ1) is 19.5. The van der Waals surface area contributed by atoms with Gasteiger partial charge in [0.15, 0.2) is 10.0 Å². The van der Waals surface area contributed by atoms with E-state index < -0.39 is 0 Å². The molecule has 4 aromatic rings. The number of nitrogens with one attached hydrogen (secondary N) is 3. The number of anilines is 2. The molecular formula is C28H27ClN6O3S2. The molecule has 0 fully saturated rings. The maximum absolute atomic E-state index is 13.5. The number of aliphatic hydroxyl groups excluding tert-OH is 1. The maximum Gasteiger partial charge on any atom is 0.287 e. The van der Waals surface area contributed by atoms with Crippen molar-refractivity contribution in [3.8, 4) is 11.1 Å². The summed E-state index contributed by atoms with van der Waals surface area (Å²) in [5, 5.41) is 19.5. The number of fused-ring (bicyclic) bond motifs is 2. The quantitative estimate of drug-likeness (QED) is 0.227. The number of halogens is 1. The summed E-state index contributed by atoms with van der Waals surface area (Å²) in [6.07, 6.45) is 3.19. The zero-order chi connectivity index (χ0) is 27.6. The lowest BCUT2D eigenvalue weighted by atomic mass is 9.97. The molecule has 0 saturated carbocycles. The van der Waals surface area contributed by atoms with Gasteiger partial charge in [0.05, 0.1) is 23.0 Å². The number of amides is 2. The molecule has 9 nitrogen and oxygen atoms in total. The molecule has 0 atom stereocenters.